The van der Waals surface area contributed by atoms with E-state index in [4.69, 9.17) is 0 Å². The number of nitrogens with zero attached hydrogens (tertiary/aromatic N) is 8. The summed E-state index contributed by atoms with van der Waals surface area (Å²) in [7, 11) is 3.48. The van der Waals surface area contributed by atoms with Crippen molar-refractivity contribution in [1.82, 2.24) is 40.4 Å². The van der Waals surface area contributed by atoms with Crippen LogP contribution in [0.4, 0.5) is 5.69 Å². The van der Waals surface area contributed by atoms with E-state index in [9.17, 15) is 4.79 Å². The molecule has 0 saturated heterocycles. The number of hydrogen-bond donors (Lipinski definition) is 1. The minimum Gasteiger partial charge on any atom is -0.326 e. The summed E-state index contributed by atoms with van der Waals surface area (Å²) in [5.74, 6) is 0.974. The minimum atomic E-state index is -0.171. The second-order valence-corrected chi connectivity index (χ2v) is 4.73. The molecular weight excluding hydrogens is 286 g/mol. The van der Waals surface area contributed by atoms with Crippen molar-refractivity contribution >= 4 is 11.6 Å². The zero-order valence-electron chi connectivity index (χ0n) is 12.2. The van der Waals surface area contributed by atoms with Gasteiger partial charge in [0.05, 0.1) is 0 Å². The molecule has 0 radical (unpaired) electrons. The lowest BCUT2D eigenvalue weighted by atomic mass is 10.1. The first-order valence-corrected chi connectivity index (χ1v) is 6.43. The molecule has 0 saturated carbocycles. The van der Waals surface area contributed by atoms with E-state index in [0.717, 1.165) is 11.1 Å². The predicted molar refractivity (Wildman–Crippen MR) is 76.3 cm³/mol. The van der Waals surface area contributed by atoms with Crippen LogP contribution in [0, 0.1) is 0 Å². The standard InChI is InChI=1S/C12H13N9O/c1-7(22)13-10-5-8(11-14-16-18-20(11)2)4-9(6-10)12-15-17-19-21(12)3/h4-6H,1-3H3,(H,13,22). The van der Waals surface area contributed by atoms with Crippen molar-refractivity contribution in [2.24, 2.45) is 14.1 Å². The lowest BCUT2D eigenvalue weighted by Gasteiger charge is -2.08. The van der Waals surface area contributed by atoms with Crippen molar-refractivity contribution in [2.75, 3.05) is 5.32 Å². The van der Waals surface area contributed by atoms with Crippen LogP contribution in [0.15, 0.2) is 18.2 Å². The first kappa shape index (κ1) is 13.8. The van der Waals surface area contributed by atoms with E-state index in [-0.39, 0.29) is 5.91 Å². The Morgan fingerprint density at radius 3 is 1.82 bits per heavy atom. The number of rotatable bonds is 3. The molecule has 0 spiro atoms. The molecule has 0 aliphatic heterocycles. The largest absolute Gasteiger partial charge is 0.326 e. The normalized spacial score (nSPS) is 10.7. The van der Waals surface area contributed by atoms with Crippen LogP contribution in [0.2, 0.25) is 0 Å². The van der Waals surface area contributed by atoms with Crippen LogP contribution in [-0.2, 0) is 18.9 Å². The van der Waals surface area contributed by atoms with Gasteiger partial charge < -0.3 is 5.32 Å². The first-order valence-electron chi connectivity index (χ1n) is 6.43. The molecule has 0 aliphatic rings. The molecule has 0 aliphatic carbocycles. The highest BCUT2D eigenvalue weighted by atomic mass is 16.1. The number of aromatic nitrogens is 8. The van der Waals surface area contributed by atoms with Gasteiger partial charge in [0.25, 0.3) is 0 Å². The molecule has 22 heavy (non-hydrogen) atoms. The molecule has 2 aromatic heterocycles. The molecule has 1 amide bonds. The van der Waals surface area contributed by atoms with E-state index in [1.807, 2.05) is 6.07 Å². The third-order valence-electron chi connectivity index (χ3n) is 3.01. The molecule has 2 heterocycles. The SMILES string of the molecule is CC(=O)Nc1cc(-c2nnnn2C)cc(-c2nnnn2C)c1. The number of anilines is 1. The summed E-state index contributed by atoms with van der Waals surface area (Å²) in [6, 6.07) is 5.45. The smallest absolute Gasteiger partial charge is 0.221 e. The number of carbonyl (C=O) groups is 1. The van der Waals surface area contributed by atoms with Crippen LogP contribution in [0.3, 0.4) is 0 Å². The van der Waals surface area contributed by atoms with Crippen LogP contribution < -0.4 is 5.32 Å². The summed E-state index contributed by atoms with van der Waals surface area (Å²) in [6.45, 7) is 1.44. The fourth-order valence-corrected chi connectivity index (χ4v) is 2.11. The van der Waals surface area contributed by atoms with Gasteiger partial charge in [-0.15, -0.1) is 10.2 Å². The molecule has 0 atom stereocenters. The molecule has 1 aromatic carbocycles. The van der Waals surface area contributed by atoms with Crippen molar-refractivity contribution < 1.29 is 4.79 Å². The Labute approximate surface area is 125 Å². The van der Waals surface area contributed by atoms with Gasteiger partial charge >= 0.3 is 0 Å². The van der Waals surface area contributed by atoms with E-state index in [1.54, 1.807) is 35.6 Å². The van der Waals surface area contributed by atoms with Crippen molar-refractivity contribution in [3.63, 3.8) is 0 Å². The molecular formula is C12H13N9O. The molecule has 3 aromatic rings. The van der Waals surface area contributed by atoms with E-state index in [2.05, 4.69) is 36.4 Å². The molecule has 0 fully saturated rings. The van der Waals surface area contributed by atoms with Crippen molar-refractivity contribution in [2.45, 2.75) is 6.92 Å². The summed E-state index contributed by atoms with van der Waals surface area (Å²) < 4.78 is 3.09. The lowest BCUT2D eigenvalue weighted by molar-refractivity contribution is -0.114. The third kappa shape index (κ3) is 2.53. The number of hydrogen-bond acceptors (Lipinski definition) is 7. The maximum atomic E-state index is 11.3. The Bertz CT molecular complexity index is 776. The quantitative estimate of drug-likeness (QED) is 0.725. The minimum absolute atomic E-state index is 0.171. The molecule has 0 unspecified atom stereocenters. The maximum absolute atomic E-state index is 11.3. The number of carbonyl (C=O) groups excluding carboxylic acids is 1. The van der Waals surface area contributed by atoms with Crippen molar-refractivity contribution in [3.8, 4) is 22.8 Å². The second kappa shape index (κ2) is 5.31. The van der Waals surface area contributed by atoms with Gasteiger partial charge in [0.2, 0.25) is 5.91 Å². The van der Waals surface area contributed by atoms with Crippen molar-refractivity contribution in [1.29, 1.82) is 0 Å². The van der Waals surface area contributed by atoms with E-state index in [1.165, 1.54) is 6.92 Å². The zero-order chi connectivity index (χ0) is 15.7. The fraction of sp³-hybridized carbons (Fsp3) is 0.250. The Hall–Kier alpha value is -3.17. The fourth-order valence-electron chi connectivity index (χ4n) is 2.11. The summed E-state index contributed by atoms with van der Waals surface area (Å²) in [6.07, 6.45) is 0. The molecule has 112 valence electrons. The molecule has 3 rings (SSSR count). The second-order valence-electron chi connectivity index (χ2n) is 4.73. The number of benzene rings is 1. The average Bonchev–Trinajstić information content (AvgIpc) is 3.06. The summed E-state index contributed by atoms with van der Waals surface area (Å²) in [5.41, 5.74) is 2.11. The Balaban J connectivity index is 2.16. The number of nitrogens with one attached hydrogen (secondary N) is 1. The Kier molecular flexibility index (Phi) is 3.33. The van der Waals surface area contributed by atoms with Gasteiger partial charge in [0, 0.05) is 37.8 Å². The summed E-state index contributed by atoms with van der Waals surface area (Å²) in [4.78, 5) is 11.3. The zero-order valence-corrected chi connectivity index (χ0v) is 12.2. The predicted octanol–water partition coefficient (Wildman–Crippen LogP) is 0.0260. The van der Waals surface area contributed by atoms with Crippen LogP contribution >= 0.6 is 0 Å². The maximum Gasteiger partial charge on any atom is 0.221 e. The molecule has 0 bridgehead atoms. The number of aryl methyl sites for hydroxylation is 2. The van der Waals surface area contributed by atoms with Crippen LogP contribution in [-0.4, -0.2) is 46.3 Å². The summed E-state index contributed by atoms with van der Waals surface area (Å²) >= 11 is 0. The van der Waals surface area contributed by atoms with Crippen LogP contribution in [0.25, 0.3) is 22.8 Å². The van der Waals surface area contributed by atoms with Gasteiger partial charge in [-0.25, -0.2) is 9.36 Å². The topological polar surface area (TPSA) is 116 Å². The Morgan fingerprint density at radius 1 is 0.955 bits per heavy atom. The van der Waals surface area contributed by atoms with Crippen molar-refractivity contribution in [3.05, 3.63) is 18.2 Å². The summed E-state index contributed by atoms with van der Waals surface area (Å²) in [5, 5.41) is 25.6. The van der Waals surface area contributed by atoms with Gasteiger partial charge in [-0.2, -0.15) is 0 Å². The van der Waals surface area contributed by atoms with E-state index >= 15 is 0 Å². The molecule has 1 N–H and O–H groups in total. The third-order valence-corrected chi connectivity index (χ3v) is 3.01. The number of amides is 1. The van der Waals surface area contributed by atoms with Crippen LogP contribution in [0.1, 0.15) is 6.92 Å². The van der Waals surface area contributed by atoms with E-state index < -0.39 is 0 Å². The number of tetrazole rings is 2. The van der Waals surface area contributed by atoms with E-state index in [0.29, 0.717) is 17.3 Å². The Morgan fingerprint density at radius 2 is 1.45 bits per heavy atom. The average molecular weight is 299 g/mol. The van der Waals surface area contributed by atoms with Gasteiger partial charge in [-0.1, -0.05) is 0 Å². The monoisotopic (exact) mass is 299 g/mol. The highest BCUT2D eigenvalue weighted by Crippen LogP contribution is 2.27. The molecule has 10 heteroatoms. The molecule has 10 nitrogen and oxygen atoms in total. The van der Waals surface area contributed by atoms with Gasteiger partial charge in [-0.3, -0.25) is 4.79 Å². The van der Waals surface area contributed by atoms with Gasteiger partial charge in [-0.05, 0) is 39.1 Å². The highest BCUT2D eigenvalue weighted by Gasteiger charge is 2.13. The van der Waals surface area contributed by atoms with Gasteiger partial charge in [0.1, 0.15) is 0 Å². The lowest BCUT2D eigenvalue weighted by Crippen LogP contribution is -2.07. The van der Waals surface area contributed by atoms with Crippen LogP contribution in [0.5, 0.6) is 0 Å². The first-order chi connectivity index (χ1) is 10.5. The van der Waals surface area contributed by atoms with Gasteiger partial charge in [0.15, 0.2) is 11.6 Å². The highest BCUT2D eigenvalue weighted by molar-refractivity contribution is 5.90.